The zero-order valence-corrected chi connectivity index (χ0v) is 12.6. The molecule has 0 aromatic carbocycles. The molecular formula is C13H24N2O5. The second-order valence-electron chi connectivity index (χ2n) is 5.50. The summed E-state index contributed by atoms with van der Waals surface area (Å²) in [5.74, 6) is 0. The molecule has 1 saturated heterocycles. The van der Waals surface area contributed by atoms with Gasteiger partial charge in [0.25, 0.3) is 0 Å². The lowest BCUT2D eigenvalue weighted by molar-refractivity contribution is -0.00911. The van der Waals surface area contributed by atoms with Gasteiger partial charge in [-0.25, -0.2) is 9.59 Å². The van der Waals surface area contributed by atoms with Crippen molar-refractivity contribution in [2.24, 2.45) is 0 Å². The Hall–Kier alpha value is -1.50. The summed E-state index contributed by atoms with van der Waals surface area (Å²) in [4.78, 5) is 25.0. The van der Waals surface area contributed by atoms with Gasteiger partial charge < -0.3 is 19.5 Å². The number of nitrogens with one attached hydrogen (secondary N) is 1. The topological polar surface area (TPSA) is 77.1 Å². The summed E-state index contributed by atoms with van der Waals surface area (Å²) < 4.78 is 15.5. The molecule has 1 N–H and O–H groups in total. The van der Waals surface area contributed by atoms with Gasteiger partial charge in [-0.3, -0.25) is 4.90 Å². The maximum Gasteiger partial charge on any atom is 0.410 e. The molecule has 0 radical (unpaired) electrons. The van der Waals surface area contributed by atoms with Gasteiger partial charge in [-0.2, -0.15) is 0 Å². The van der Waals surface area contributed by atoms with Gasteiger partial charge in [-0.1, -0.05) is 0 Å². The summed E-state index contributed by atoms with van der Waals surface area (Å²) in [7, 11) is 0. The van der Waals surface area contributed by atoms with E-state index in [1.54, 1.807) is 32.6 Å². The third-order valence-corrected chi connectivity index (χ3v) is 2.61. The number of alkyl carbamates (subject to hydrolysis) is 1. The summed E-state index contributed by atoms with van der Waals surface area (Å²) in [5, 5.41) is 2.65. The molecule has 1 atom stereocenters. The predicted molar refractivity (Wildman–Crippen MR) is 72.6 cm³/mol. The van der Waals surface area contributed by atoms with E-state index in [0.717, 1.165) is 0 Å². The summed E-state index contributed by atoms with van der Waals surface area (Å²) >= 11 is 0. The molecule has 7 nitrogen and oxygen atoms in total. The number of nitrogens with zero attached hydrogens (tertiary/aromatic N) is 1. The van der Waals surface area contributed by atoms with E-state index >= 15 is 0 Å². The molecule has 0 unspecified atom stereocenters. The van der Waals surface area contributed by atoms with Crippen molar-refractivity contribution < 1.29 is 23.8 Å². The number of ether oxygens (including phenoxy) is 3. The average Bonchev–Trinajstić information content (AvgIpc) is 2.35. The summed E-state index contributed by atoms with van der Waals surface area (Å²) in [5.41, 5.74) is -0.548. The smallest absolute Gasteiger partial charge is 0.410 e. The number of hydrogen-bond acceptors (Lipinski definition) is 5. The van der Waals surface area contributed by atoms with Crippen molar-refractivity contribution in [3.63, 3.8) is 0 Å². The minimum Gasteiger partial charge on any atom is -0.450 e. The fourth-order valence-electron chi connectivity index (χ4n) is 1.79. The van der Waals surface area contributed by atoms with Crippen LogP contribution in [-0.4, -0.2) is 61.6 Å². The van der Waals surface area contributed by atoms with Crippen LogP contribution >= 0.6 is 0 Å². The highest BCUT2D eigenvalue weighted by molar-refractivity contribution is 5.69. The molecule has 1 aliphatic heterocycles. The number of hydrogen-bond donors (Lipinski definition) is 1. The van der Waals surface area contributed by atoms with Gasteiger partial charge in [0.05, 0.1) is 25.9 Å². The van der Waals surface area contributed by atoms with Crippen molar-refractivity contribution in [1.29, 1.82) is 0 Å². The molecule has 1 aliphatic rings. The van der Waals surface area contributed by atoms with E-state index in [9.17, 15) is 9.59 Å². The number of amides is 2. The van der Waals surface area contributed by atoms with E-state index in [1.165, 1.54) is 0 Å². The molecule has 0 aliphatic carbocycles. The van der Waals surface area contributed by atoms with Crippen molar-refractivity contribution in [2.45, 2.75) is 39.3 Å². The minimum absolute atomic E-state index is 0.240. The van der Waals surface area contributed by atoms with E-state index in [0.29, 0.717) is 26.4 Å². The van der Waals surface area contributed by atoms with E-state index < -0.39 is 11.7 Å². The summed E-state index contributed by atoms with van der Waals surface area (Å²) in [6, 6.07) is -0.240. The lowest BCUT2D eigenvalue weighted by Crippen LogP contribution is -2.54. The molecule has 2 amide bonds. The van der Waals surface area contributed by atoms with Gasteiger partial charge in [-0.05, 0) is 27.7 Å². The summed E-state index contributed by atoms with van der Waals surface area (Å²) in [6.45, 7) is 9.03. The Morgan fingerprint density at radius 2 is 2.10 bits per heavy atom. The van der Waals surface area contributed by atoms with Gasteiger partial charge in [0, 0.05) is 13.1 Å². The Balaban J connectivity index is 2.46. The molecule has 1 heterocycles. The first-order valence-corrected chi connectivity index (χ1v) is 6.81. The van der Waals surface area contributed by atoms with Crippen LogP contribution in [-0.2, 0) is 14.2 Å². The normalized spacial score (nSPS) is 19.4. The lowest BCUT2D eigenvalue weighted by Gasteiger charge is -2.34. The Morgan fingerprint density at radius 1 is 1.40 bits per heavy atom. The summed E-state index contributed by atoms with van der Waals surface area (Å²) in [6.07, 6.45) is -0.890. The van der Waals surface area contributed by atoms with Crippen LogP contribution in [0.3, 0.4) is 0 Å². The molecule has 0 spiro atoms. The molecular weight excluding hydrogens is 264 g/mol. The van der Waals surface area contributed by atoms with Gasteiger partial charge >= 0.3 is 12.2 Å². The first-order chi connectivity index (χ1) is 9.33. The maximum absolute atomic E-state index is 11.8. The fraction of sp³-hybridized carbons (Fsp3) is 0.846. The molecule has 20 heavy (non-hydrogen) atoms. The number of carbonyl (C=O) groups is 2. The Kier molecular flexibility index (Phi) is 6.06. The molecule has 0 saturated carbocycles. The maximum atomic E-state index is 11.8. The Morgan fingerprint density at radius 3 is 2.70 bits per heavy atom. The van der Waals surface area contributed by atoms with E-state index in [4.69, 9.17) is 14.2 Å². The van der Waals surface area contributed by atoms with Crippen molar-refractivity contribution in [1.82, 2.24) is 10.2 Å². The number of rotatable bonds is 3. The highest BCUT2D eigenvalue weighted by Crippen LogP contribution is 2.10. The van der Waals surface area contributed by atoms with Gasteiger partial charge in [0.2, 0.25) is 0 Å². The molecule has 116 valence electrons. The molecule has 0 aromatic heterocycles. The standard InChI is InChI=1S/C13H24N2O5/c1-5-19-12(17)15-6-7-18-9-10(15)8-14-11(16)20-13(2,3)4/h10H,5-9H2,1-4H3,(H,14,16)/t10-/m0/s1. The Labute approximate surface area is 119 Å². The monoisotopic (exact) mass is 288 g/mol. The first kappa shape index (κ1) is 16.6. The third kappa shape index (κ3) is 5.64. The van der Waals surface area contributed by atoms with Crippen LogP contribution in [0.5, 0.6) is 0 Å². The zero-order valence-electron chi connectivity index (χ0n) is 12.6. The molecule has 0 aromatic rings. The molecule has 1 fully saturated rings. The van der Waals surface area contributed by atoms with Crippen LogP contribution in [0.25, 0.3) is 0 Å². The highest BCUT2D eigenvalue weighted by atomic mass is 16.6. The number of morpholine rings is 1. The minimum atomic E-state index is -0.548. The quantitative estimate of drug-likeness (QED) is 0.848. The fourth-order valence-corrected chi connectivity index (χ4v) is 1.79. The van der Waals surface area contributed by atoms with Crippen LogP contribution in [0.2, 0.25) is 0 Å². The van der Waals surface area contributed by atoms with E-state index in [-0.39, 0.29) is 18.7 Å². The van der Waals surface area contributed by atoms with Crippen LogP contribution in [0.4, 0.5) is 9.59 Å². The van der Waals surface area contributed by atoms with Gasteiger partial charge in [-0.15, -0.1) is 0 Å². The average molecular weight is 288 g/mol. The number of carbonyl (C=O) groups excluding carboxylic acids is 2. The highest BCUT2D eigenvalue weighted by Gasteiger charge is 2.29. The largest absolute Gasteiger partial charge is 0.450 e. The molecule has 0 bridgehead atoms. The molecule has 7 heteroatoms. The van der Waals surface area contributed by atoms with Gasteiger partial charge in [0.15, 0.2) is 0 Å². The van der Waals surface area contributed by atoms with Crippen LogP contribution < -0.4 is 5.32 Å². The van der Waals surface area contributed by atoms with E-state index in [1.807, 2.05) is 0 Å². The molecule has 1 rings (SSSR count). The SMILES string of the molecule is CCOC(=O)N1CCOC[C@@H]1CNC(=O)OC(C)(C)C. The van der Waals surface area contributed by atoms with Crippen LogP contribution in [0.1, 0.15) is 27.7 Å². The van der Waals surface area contributed by atoms with Crippen molar-refractivity contribution in [2.75, 3.05) is 32.9 Å². The lowest BCUT2D eigenvalue weighted by atomic mass is 10.2. The van der Waals surface area contributed by atoms with Crippen molar-refractivity contribution >= 4 is 12.2 Å². The van der Waals surface area contributed by atoms with Crippen molar-refractivity contribution in [3.05, 3.63) is 0 Å². The second kappa shape index (κ2) is 7.33. The van der Waals surface area contributed by atoms with E-state index in [2.05, 4.69) is 5.32 Å². The Bertz CT molecular complexity index is 340. The van der Waals surface area contributed by atoms with Crippen LogP contribution in [0, 0.1) is 0 Å². The van der Waals surface area contributed by atoms with Crippen LogP contribution in [0.15, 0.2) is 0 Å². The van der Waals surface area contributed by atoms with Crippen molar-refractivity contribution in [3.8, 4) is 0 Å². The third-order valence-electron chi connectivity index (χ3n) is 2.61. The second-order valence-corrected chi connectivity index (χ2v) is 5.50. The zero-order chi connectivity index (χ0) is 15.2. The van der Waals surface area contributed by atoms with Gasteiger partial charge in [0.1, 0.15) is 5.60 Å². The first-order valence-electron chi connectivity index (χ1n) is 6.81. The predicted octanol–water partition coefficient (Wildman–Crippen LogP) is 1.37.